The predicted molar refractivity (Wildman–Crippen MR) is 110 cm³/mol. The molecule has 2 N–H and O–H groups in total. The van der Waals surface area contributed by atoms with E-state index in [4.69, 9.17) is 0 Å². The van der Waals surface area contributed by atoms with Gasteiger partial charge in [0, 0.05) is 31.5 Å². The molecule has 2 aliphatic rings. The van der Waals surface area contributed by atoms with E-state index < -0.39 is 0 Å². The maximum Gasteiger partial charge on any atom is 0.319 e. The van der Waals surface area contributed by atoms with Crippen molar-refractivity contribution < 1.29 is 4.79 Å². The molecule has 0 heterocycles. The summed E-state index contributed by atoms with van der Waals surface area (Å²) in [5, 5.41) is 6.36. The summed E-state index contributed by atoms with van der Waals surface area (Å²) in [6, 6.07) is 8.23. The van der Waals surface area contributed by atoms with Crippen molar-refractivity contribution in [1.29, 1.82) is 0 Å². The lowest BCUT2D eigenvalue weighted by atomic mass is 9.60. The Bertz CT molecular complexity index is 592. The number of urea groups is 1. The zero-order valence-corrected chi connectivity index (χ0v) is 16.7. The molecule has 2 atom stereocenters. The first kappa shape index (κ1) is 19.1. The number of carbonyl (C=O) groups is 1. The highest BCUT2D eigenvalue weighted by Gasteiger charge is 2.43. The second kappa shape index (κ2) is 8.32. The van der Waals surface area contributed by atoms with Crippen LogP contribution < -0.4 is 15.5 Å². The van der Waals surface area contributed by atoms with Gasteiger partial charge in [0.2, 0.25) is 0 Å². The van der Waals surface area contributed by atoms with Crippen LogP contribution in [0, 0.1) is 11.3 Å². The zero-order chi connectivity index (χ0) is 18.6. The summed E-state index contributed by atoms with van der Waals surface area (Å²) in [5.41, 5.74) is 2.24. The summed E-state index contributed by atoms with van der Waals surface area (Å²) in [7, 11) is 4.04. The minimum Gasteiger partial charge on any atom is -0.378 e. The number of carbonyl (C=O) groups excluding carboxylic acids is 1. The number of amides is 2. The number of nitrogens with zero attached hydrogens (tertiary/aromatic N) is 1. The Kier molecular flexibility index (Phi) is 6.10. The van der Waals surface area contributed by atoms with Gasteiger partial charge in [0.1, 0.15) is 0 Å². The van der Waals surface area contributed by atoms with E-state index >= 15 is 0 Å². The van der Waals surface area contributed by atoms with Crippen molar-refractivity contribution in [2.24, 2.45) is 11.3 Å². The highest BCUT2D eigenvalue weighted by atomic mass is 16.2. The SMILES string of the molecule is CN(C)c1ccc(NC(=O)NC2CCCCC2(C)C2CCCCC2)cc1. The van der Waals surface area contributed by atoms with Gasteiger partial charge in [0.15, 0.2) is 0 Å². The lowest BCUT2D eigenvalue weighted by molar-refractivity contribution is 0.0523. The van der Waals surface area contributed by atoms with Crippen molar-refractivity contribution in [3.8, 4) is 0 Å². The molecule has 2 saturated carbocycles. The van der Waals surface area contributed by atoms with E-state index in [2.05, 4.69) is 22.5 Å². The zero-order valence-electron chi connectivity index (χ0n) is 16.7. The van der Waals surface area contributed by atoms with Gasteiger partial charge in [-0.1, -0.05) is 39.0 Å². The average Bonchev–Trinajstić information content (AvgIpc) is 2.65. The number of nitrogens with one attached hydrogen (secondary N) is 2. The molecular weight excluding hydrogens is 322 g/mol. The lowest BCUT2D eigenvalue weighted by Gasteiger charge is -2.48. The second-order valence-corrected chi connectivity index (χ2v) is 8.68. The van der Waals surface area contributed by atoms with Gasteiger partial charge in [-0.2, -0.15) is 0 Å². The molecule has 4 nitrogen and oxygen atoms in total. The molecule has 144 valence electrons. The molecule has 2 fully saturated rings. The highest BCUT2D eigenvalue weighted by molar-refractivity contribution is 5.89. The summed E-state index contributed by atoms with van der Waals surface area (Å²) in [6.45, 7) is 2.43. The first-order chi connectivity index (χ1) is 12.5. The van der Waals surface area contributed by atoms with Crippen molar-refractivity contribution in [2.45, 2.75) is 70.8 Å². The van der Waals surface area contributed by atoms with Crippen molar-refractivity contribution in [2.75, 3.05) is 24.3 Å². The predicted octanol–water partition coefficient (Wildman–Crippen LogP) is 5.40. The third-order valence-corrected chi connectivity index (χ3v) is 6.74. The molecule has 0 saturated heterocycles. The molecule has 4 heteroatoms. The van der Waals surface area contributed by atoms with Crippen LogP contribution in [0.5, 0.6) is 0 Å². The maximum atomic E-state index is 12.6. The minimum atomic E-state index is -0.0588. The quantitative estimate of drug-likeness (QED) is 0.757. The van der Waals surface area contributed by atoms with E-state index in [1.54, 1.807) is 0 Å². The first-order valence-electron chi connectivity index (χ1n) is 10.3. The Balaban J connectivity index is 1.62. The van der Waals surface area contributed by atoms with Crippen LogP contribution in [0.1, 0.15) is 64.7 Å². The molecule has 2 amide bonds. The monoisotopic (exact) mass is 357 g/mol. The molecule has 0 aliphatic heterocycles. The van der Waals surface area contributed by atoms with E-state index in [9.17, 15) is 4.79 Å². The standard InChI is InChI=1S/C22H35N3O/c1-22(17-9-5-4-6-10-17)16-8-7-11-20(22)24-21(26)23-18-12-14-19(15-13-18)25(2)3/h12-15,17,20H,4-11,16H2,1-3H3,(H2,23,24,26). The number of rotatable bonds is 4. The van der Waals surface area contributed by atoms with Crippen LogP contribution in [0.2, 0.25) is 0 Å². The van der Waals surface area contributed by atoms with Crippen LogP contribution in [0.4, 0.5) is 16.2 Å². The maximum absolute atomic E-state index is 12.6. The molecule has 1 aromatic rings. The van der Waals surface area contributed by atoms with Crippen LogP contribution in [0.3, 0.4) is 0 Å². The Morgan fingerprint density at radius 2 is 1.65 bits per heavy atom. The summed E-state index contributed by atoms with van der Waals surface area (Å²) < 4.78 is 0. The number of hydrogen-bond donors (Lipinski definition) is 2. The number of benzene rings is 1. The summed E-state index contributed by atoms with van der Waals surface area (Å²) in [5.74, 6) is 0.765. The Morgan fingerprint density at radius 1 is 1.00 bits per heavy atom. The average molecular weight is 358 g/mol. The Hall–Kier alpha value is -1.71. The van der Waals surface area contributed by atoms with Crippen LogP contribution in [-0.4, -0.2) is 26.2 Å². The van der Waals surface area contributed by atoms with Crippen LogP contribution in [0.25, 0.3) is 0 Å². The summed E-state index contributed by atoms with van der Waals surface area (Å²) >= 11 is 0. The van der Waals surface area contributed by atoms with Gasteiger partial charge in [-0.05, 0) is 61.3 Å². The molecule has 0 radical (unpaired) electrons. The molecule has 0 aromatic heterocycles. The highest BCUT2D eigenvalue weighted by Crippen LogP contribution is 2.48. The molecule has 1 aromatic carbocycles. The fourth-order valence-corrected chi connectivity index (χ4v) is 5.01. The van der Waals surface area contributed by atoms with E-state index in [1.807, 2.05) is 38.4 Å². The summed E-state index contributed by atoms with van der Waals surface area (Å²) in [4.78, 5) is 14.7. The van der Waals surface area contributed by atoms with Crippen molar-refractivity contribution >= 4 is 17.4 Å². The van der Waals surface area contributed by atoms with Crippen molar-refractivity contribution in [1.82, 2.24) is 5.32 Å². The van der Waals surface area contributed by atoms with E-state index in [0.717, 1.165) is 23.7 Å². The fourth-order valence-electron chi connectivity index (χ4n) is 5.01. The molecule has 2 unspecified atom stereocenters. The van der Waals surface area contributed by atoms with Crippen molar-refractivity contribution in [3.05, 3.63) is 24.3 Å². The van der Waals surface area contributed by atoms with E-state index in [0.29, 0.717) is 6.04 Å². The number of hydrogen-bond acceptors (Lipinski definition) is 2. The Labute approximate surface area is 158 Å². The third kappa shape index (κ3) is 4.33. The van der Waals surface area contributed by atoms with Gasteiger partial charge in [0.25, 0.3) is 0 Å². The molecule has 3 rings (SSSR count). The molecule has 2 aliphatic carbocycles. The number of anilines is 2. The lowest BCUT2D eigenvalue weighted by Crippen LogP contribution is -2.53. The van der Waals surface area contributed by atoms with Crippen LogP contribution in [0.15, 0.2) is 24.3 Å². The molecule has 0 spiro atoms. The second-order valence-electron chi connectivity index (χ2n) is 8.68. The van der Waals surface area contributed by atoms with Gasteiger partial charge < -0.3 is 15.5 Å². The summed E-state index contributed by atoms with van der Waals surface area (Å²) in [6.07, 6.45) is 11.7. The molecular formula is C22H35N3O. The normalized spacial score (nSPS) is 27.0. The fraction of sp³-hybridized carbons (Fsp3) is 0.682. The Morgan fingerprint density at radius 3 is 2.31 bits per heavy atom. The molecule has 0 bridgehead atoms. The van der Waals surface area contributed by atoms with Gasteiger partial charge in [-0.3, -0.25) is 0 Å². The smallest absolute Gasteiger partial charge is 0.319 e. The van der Waals surface area contributed by atoms with Crippen LogP contribution in [-0.2, 0) is 0 Å². The molecule has 26 heavy (non-hydrogen) atoms. The minimum absolute atomic E-state index is 0.0588. The van der Waals surface area contributed by atoms with Gasteiger partial charge in [-0.15, -0.1) is 0 Å². The third-order valence-electron chi connectivity index (χ3n) is 6.74. The largest absolute Gasteiger partial charge is 0.378 e. The van der Waals surface area contributed by atoms with Gasteiger partial charge >= 0.3 is 6.03 Å². The van der Waals surface area contributed by atoms with Gasteiger partial charge in [-0.25, -0.2) is 4.79 Å². The van der Waals surface area contributed by atoms with Crippen molar-refractivity contribution in [3.63, 3.8) is 0 Å². The first-order valence-corrected chi connectivity index (χ1v) is 10.3. The topological polar surface area (TPSA) is 44.4 Å². The van der Waals surface area contributed by atoms with E-state index in [1.165, 1.54) is 51.4 Å². The van der Waals surface area contributed by atoms with Crippen LogP contribution >= 0.6 is 0 Å². The van der Waals surface area contributed by atoms with Gasteiger partial charge in [0.05, 0.1) is 0 Å². The van der Waals surface area contributed by atoms with E-state index in [-0.39, 0.29) is 11.4 Å².